The van der Waals surface area contributed by atoms with Crippen LogP contribution in [-0.4, -0.2) is 58.6 Å². The first-order valence-corrected chi connectivity index (χ1v) is 10.1. The highest BCUT2D eigenvalue weighted by Crippen LogP contribution is 2.21. The third-order valence-electron chi connectivity index (χ3n) is 5.52. The summed E-state index contributed by atoms with van der Waals surface area (Å²) >= 11 is 0. The maximum Gasteiger partial charge on any atom is 0.243 e. The van der Waals surface area contributed by atoms with E-state index in [1.165, 1.54) is 5.56 Å². The molecule has 2 heterocycles. The fraction of sp³-hybridized carbons (Fsp3) is 0.571. The number of nitrogens with one attached hydrogen (secondary N) is 1. The number of rotatable bonds is 7. The first-order chi connectivity index (χ1) is 13.5. The van der Waals surface area contributed by atoms with Crippen LogP contribution in [0, 0.1) is 13.8 Å². The van der Waals surface area contributed by atoms with Crippen LogP contribution in [0.2, 0.25) is 0 Å². The average Bonchev–Trinajstić information content (AvgIpc) is 3.14. The Kier molecular flexibility index (Phi) is 6.80. The van der Waals surface area contributed by atoms with Crippen molar-refractivity contribution < 1.29 is 9.32 Å². The third-order valence-corrected chi connectivity index (χ3v) is 5.52. The molecule has 3 rings (SSSR count). The Morgan fingerprint density at radius 3 is 2.71 bits per heavy atom. The third kappa shape index (κ3) is 4.97. The van der Waals surface area contributed by atoms with E-state index < -0.39 is 0 Å². The molecule has 0 radical (unpaired) electrons. The van der Waals surface area contributed by atoms with Gasteiger partial charge in [-0.3, -0.25) is 14.6 Å². The molecule has 1 aromatic heterocycles. The Morgan fingerprint density at radius 1 is 1.25 bits per heavy atom. The fourth-order valence-electron chi connectivity index (χ4n) is 3.51. The minimum Gasteiger partial charge on any atom is -0.338 e. The second-order valence-corrected chi connectivity index (χ2v) is 7.58. The lowest BCUT2D eigenvalue weighted by atomic mass is 10.1. The number of nitrogens with zero attached hydrogens (tertiary/aromatic N) is 4. The van der Waals surface area contributed by atoms with E-state index >= 15 is 0 Å². The topological polar surface area (TPSA) is 74.5 Å². The molecule has 1 unspecified atom stereocenters. The van der Waals surface area contributed by atoms with Crippen LogP contribution in [0.5, 0.6) is 0 Å². The van der Waals surface area contributed by atoms with E-state index in [9.17, 15) is 4.79 Å². The number of amides is 1. The van der Waals surface area contributed by atoms with Gasteiger partial charge in [0.2, 0.25) is 11.8 Å². The molecule has 1 aromatic carbocycles. The van der Waals surface area contributed by atoms with Crippen molar-refractivity contribution in [3.8, 4) is 0 Å². The Balaban J connectivity index is 1.48. The summed E-state index contributed by atoms with van der Waals surface area (Å²) in [7, 11) is 0. The number of hydrogen-bond donors (Lipinski definition) is 1. The summed E-state index contributed by atoms with van der Waals surface area (Å²) in [6.45, 7) is 12.2. The lowest BCUT2D eigenvalue weighted by Gasteiger charge is -2.36. The molecular weight excluding hydrogens is 354 g/mol. The molecule has 1 amide bonds. The summed E-state index contributed by atoms with van der Waals surface area (Å²) in [5.74, 6) is 1.51. The van der Waals surface area contributed by atoms with E-state index in [1.54, 1.807) is 0 Å². The maximum absolute atomic E-state index is 12.4. The molecule has 0 saturated carbocycles. The van der Waals surface area contributed by atoms with Gasteiger partial charge in [0.1, 0.15) is 0 Å². The lowest BCUT2D eigenvalue weighted by Crippen LogP contribution is -2.49. The van der Waals surface area contributed by atoms with Crippen LogP contribution in [0.1, 0.15) is 49.2 Å². The summed E-state index contributed by atoms with van der Waals surface area (Å²) in [6.07, 6.45) is 1.86. The summed E-state index contributed by atoms with van der Waals surface area (Å²) in [6, 6.07) is 6.09. The summed E-state index contributed by atoms with van der Waals surface area (Å²) < 4.78 is 5.43. The first kappa shape index (κ1) is 20.5. The van der Waals surface area contributed by atoms with Gasteiger partial charge < -0.3 is 9.84 Å². The van der Waals surface area contributed by atoms with E-state index in [1.807, 2.05) is 19.1 Å². The molecule has 0 spiro atoms. The molecule has 1 N–H and O–H groups in total. The summed E-state index contributed by atoms with van der Waals surface area (Å²) in [4.78, 5) is 21.5. The zero-order chi connectivity index (χ0) is 20.1. The highest BCUT2D eigenvalue weighted by Gasteiger charge is 2.26. The van der Waals surface area contributed by atoms with Gasteiger partial charge in [-0.15, -0.1) is 0 Å². The smallest absolute Gasteiger partial charge is 0.243 e. The van der Waals surface area contributed by atoms with Crippen molar-refractivity contribution in [2.75, 3.05) is 38.0 Å². The fourth-order valence-corrected chi connectivity index (χ4v) is 3.51. The van der Waals surface area contributed by atoms with Gasteiger partial charge in [0.15, 0.2) is 5.82 Å². The maximum atomic E-state index is 12.4. The summed E-state index contributed by atoms with van der Waals surface area (Å²) in [5, 5.41) is 7.10. The van der Waals surface area contributed by atoms with E-state index in [2.05, 4.69) is 52.1 Å². The van der Waals surface area contributed by atoms with Crippen LogP contribution in [0.3, 0.4) is 0 Å². The molecule has 7 nitrogen and oxygen atoms in total. The van der Waals surface area contributed by atoms with Crippen molar-refractivity contribution in [3.05, 3.63) is 41.0 Å². The van der Waals surface area contributed by atoms with Gasteiger partial charge in [0, 0.05) is 38.3 Å². The Hall–Kier alpha value is -2.25. The van der Waals surface area contributed by atoms with Crippen LogP contribution in [0.25, 0.3) is 0 Å². The SMILES string of the molecule is CCCc1noc(C(C)N2CCN(CC(=O)Nc3cccc(C)c3C)CC2)n1. The monoisotopic (exact) mass is 385 g/mol. The van der Waals surface area contributed by atoms with E-state index in [4.69, 9.17) is 4.52 Å². The van der Waals surface area contributed by atoms with Crippen molar-refractivity contribution >= 4 is 11.6 Å². The number of hydrogen-bond acceptors (Lipinski definition) is 6. The second-order valence-electron chi connectivity index (χ2n) is 7.58. The molecule has 0 aliphatic carbocycles. The standard InChI is InChI=1S/C21H31N5O2/c1-5-7-19-23-21(28-24-19)17(4)26-12-10-25(11-13-26)14-20(27)22-18-9-6-8-15(2)16(18)3/h6,8-9,17H,5,7,10-14H2,1-4H3,(H,22,27). The molecule has 1 fully saturated rings. The van der Waals surface area contributed by atoms with Crippen molar-refractivity contribution in [1.82, 2.24) is 19.9 Å². The number of carbonyl (C=O) groups excluding carboxylic acids is 1. The van der Waals surface area contributed by atoms with E-state index in [0.717, 1.165) is 56.1 Å². The van der Waals surface area contributed by atoms with Gasteiger partial charge in [0.25, 0.3) is 0 Å². The second kappa shape index (κ2) is 9.30. The predicted octanol–water partition coefficient (Wildman–Crippen LogP) is 2.96. The van der Waals surface area contributed by atoms with Crippen LogP contribution in [0.15, 0.2) is 22.7 Å². The molecule has 28 heavy (non-hydrogen) atoms. The number of aryl methyl sites for hydroxylation is 2. The van der Waals surface area contributed by atoms with Gasteiger partial charge in [-0.05, 0) is 44.4 Å². The van der Waals surface area contributed by atoms with Crippen LogP contribution < -0.4 is 5.32 Å². The van der Waals surface area contributed by atoms with Gasteiger partial charge in [-0.2, -0.15) is 4.98 Å². The predicted molar refractivity (Wildman–Crippen MR) is 109 cm³/mol. The molecule has 1 aliphatic rings. The molecule has 1 atom stereocenters. The average molecular weight is 386 g/mol. The quantitative estimate of drug-likeness (QED) is 0.790. The van der Waals surface area contributed by atoms with Crippen molar-refractivity contribution in [3.63, 3.8) is 0 Å². The summed E-state index contributed by atoms with van der Waals surface area (Å²) in [5.41, 5.74) is 3.21. The number of carbonyl (C=O) groups is 1. The highest BCUT2D eigenvalue weighted by atomic mass is 16.5. The van der Waals surface area contributed by atoms with Gasteiger partial charge in [-0.1, -0.05) is 24.2 Å². The minimum atomic E-state index is 0.0382. The molecule has 1 saturated heterocycles. The molecule has 1 aliphatic heterocycles. The Morgan fingerprint density at radius 2 is 2.00 bits per heavy atom. The minimum absolute atomic E-state index is 0.0382. The number of anilines is 1. The number of benzene rings is 1. The zero-order valence-corrected chi connectivity index (χ0v) is 17.4. The van der Waals surface area contributed by atoms with Crippen molar-refractivity contribution in [1.29, 1.82) is 0 Å². The molecule has 2 aromatic rings. The number of piperazine rings is 1. The normalized spacial score (nSPS) is 16.9. The zero-order valence-electron chi connectivity index (χ0n) is 17.4. The Bertz CT molecular complexity index is 796. The van der Waals surface area contributed by atoms with Crippen LogP contribution in [-0.2, 0) is 11.2 Å². The number of aromatic nitrogens is 2. The largest absolute Gasteiger partial charge is 0.338 e. The van der Waals surface area contributed by atoms with Crippen LogP contribution >= 0.6 is 0 Å². The first-order valence-electron chi connectivity index (χ1n) is 10.1. The highest BCUT2D eigenvalue weighted by molar-refractivity contribution is 5.93. The molecule has 0 bridgehead atoms. The van der Waals surface area contributed by atoms with Crippen LogP contribution in [0.4, 0.5) is 5.69 Å². The van der Waals surface area contributed by atoms with E-state index in [-0.39, 0.29) is 11.9 Å². The Labute approximate surface area is 167 Å². The van der Waals surface area contributed by atoms with Crippen molar-refractivity contribution in [2.45, 2.75) is 46.6 Å². The van der Waals surface area contributed by atoms with E-state index in [0.29, 0.717) is 12.4 Å². The van der Waals surface area contributed by atoms with Gasteiger partial charge in [-0.25, -0.2) is 0 Å². The molecule has 7 heteroatoms. The van der Waals surface area contributed by atoms with Gasteiger partial charge >= 0.3 is 0 Å². The van der Waals surface area contributed by atoms with Gasteiger partial charge in [0.05, 0.1) is 12.6 Å². The molecular formula is C21H31N5O2. The molecule has 152 valence electrons. The lowest BCUT2D eigenvalue weighted by molar-refractivity contribution is -0.117. The van der Waals surface area contributed by atoms with Crippen molar-refractivity contribution in [2.24, 2.45) is 0 Å².